The van der Waals surface area contributed by atoms with E-state index in [2.05, 4.69) is 33.9 Å². The molecule has 5 heteroatoms. The first kappa shape index (κ1) is 19.5. The Morgan fingerprint density at radius 2 is 1.75 bits per heavy atom. The lowest BCUT2D eigenvalue weighted by molar-refractivity contribution is 0.106. The normalized spacial score (nSPS) is 16.4. The van der Waals surface area contributed by atoms with Crippen LogP contribution in [0.3, 0.4) is 0 Å². The number of rotatable bonds is 8. The van der Waals surface area contributed by atoms with Crippen LogP contribution in [0.5, 0.6) is 0 Å². The first-order valence-electron chi connectivity index (χ1n) is 8.09. The van der Waals surface area contributed by atoms with Crippen LogP contribution in [-0.2, 0) is 0 Å². The van der Waals surface area contributed by atoms with Crippen molar-refractivity contribution in [2.24, 2.45) is 10.2 Å². The van der Waals surface area contributed by atoms with Gasteiger partial charge in [0, 0.05) is 20.1 Å². The van der Waals surface area contributed by atoms with E-state index in [1.807, 2.05) is 0 Å². The van der Waals surface area contributed by atoms with Crippen molar-refractivity contribution in [2.45, 2.75) is 52.4 Å². The number of aliphatic hydroxyl groups is 1. The highest BCUT2D eigenvalue weighted by Crippen LogP contribution is 2.07. The number of hydrogen-bond acceptors (Lipinski definition) is 5. The molecule has 5 nitrogen and oxygen atoms in total. The summed E-state index contributed by atoms with van der Waals surface area (Å²) in [5.41, 5.74) is 0. The largest absolute Gasteiger partial charge is 0.381 e. The first-order valence-corrected chi connectivity index (χ1v) is 8.09. The van der Waals surface area contributed by atoms with Crippen LogP contribution in [0.2, 0.25) is 0 Å². The average molecular weight is 286 g/mol. The molecule has 0 aromatic rings. The predicted octanol–water partition coefficient (Wildman–Crippen LogP) is 2.96. The summed E-state index contributed by atoms with van der Waals surface area (Å²) in [5, 5.41) is 16.5. The Morgan fingerprint density at radius 1 is 1.05 bits per heavy atom. The summed E-state index contributed by atoms with van der Waals surface area (Å²) in [6.07, 6.45) is 7.59. The zero-order valence-corrected chi connectivity index (χ0v) is 13.7. The lowest BCUT2D eigenvalue weighted by atomic mass is 10.1. The van der Waals surface area contributed by atoms with Gasteiger partial charge in [0.25, 0.3) is 0 Å². The monoisotopic (exact) mass is 286 g/mol. The van der Waals surface area contributed by atoms with Gasteiger partial charge >= 0.3 is 0 Å². The van der Waals surface area contributed by atoms with Crippen LogP contribution in [-0.4, -0.2) is 61.5 Å². The van der Waals surface area contributed by atoms with Crippen LogP contribution in [0.1, 0.15) is 52.4 Å². The number of azo groups is 1. The highest BCUT2D eigenvalue weighted by Gasteiger charge is 2.07. The van der Waals surface area contributed by atoms with Gasteiger partial charge in [0.05, 0.1) is 6.73 Å². The van der Waals surface area contributed by atoms with Crippen LogP contribution in [0.25, 0.3) is 0 Å². The summed E-state index contributed by atoms with van der Waals surface area (Å²) in [6, 6.07) is 0. The Morgan fingerprint density at radius 3 is 2.25 bits per heavy atom. The second-order valence-corrected chi connectivity index (χ2v) is 5.27. The van der Waals surface area contributed by atoms with Crippen molar-refractivity contribution in [2.75, 3.05) is 46.6 Å². The molecular formula is C15H34N4O. The maximum Gasteiger partial charge on any atom is 0.112 e. The molecule has 20 heavy (non-hydrogen) atoms. The van der Waals surface area contributed by atoms with E-state index in [4.69, 9.17) is 5.11 Å². The Labute approximate surface area is 125 Å². The summed E-state index contributed by atoms with van der Waals surface area (Å²) in [5.74, 6) is 0. The van der Waals surface area contributed by atoms with Gasteiger partial charge in [-0.2, -0.15) is 10.2 Å². The highest BCUT2D eigenvalue weighted by molar-refractivity contribution is 4.62. The van der Waals surface area contributed by atoms with Gasteiger partial charge in [0.1, 0.15) is 6.67 Å². The molecule has 0 saturated carbocycles. The maximum absolute atomic E-state index is 8.81. The number of hydrogen-bond donors (Lipinski definition) is 1. The molecule has 0 aromatic carbocycles. The van der Waals surface area contributed by atoms with Gasteiger partial charge in [-0.3, -0.25) is 9.80 Å². The molecular weight excluding hydrogens is 252 g/mol. The third-order valence-electron chi connectivity index (χ3n) is 3.42. The van der Waals surface area contributed by atoms with Gasteiger partial charge in [-0.25, -0.2) is 0 Å². The van der Waals surface area contributed by atoms with Crippen LogP contribution in [0.15, 0.2) is 10.2 Å². The van der Waals surface area contributed by atoms with Crippen LogP contribution in [0, 0.1) is 0 Å². The Bertz CT molecular complexity index is 218. The minimum Gasteiger partial charge on any atom is -0.381 e. The molecule has 1 saturated heterocycles. The zero-order chi connectivity index (χ0) is 15.1. The quantitative estimate of drug-likeness (QED) is 0.551. The Kier molecular flexibility index (Phi) is 14.5. The topological polar surface area (TPSA) is 51.4 Å². The molecule has 0 unspecified atom stereocenters. The van der Waals surface area contributed by atoms with Crippen molar-refractivity contribution >= 4 is 0 Å². The van der Waals surface area contributed by atoms with Gasteiger partial charge in [0.2, 0.25) is 0 Å². The summed E-state index contributed by atoms with van der Waals surface area (Å²) in [6.45, 7) is 9.80. The fraction of sp³-hybridized carbons (Fsp3) is 1.00. The first-order chi connectivity index (χ1) is 9.78. The molecule has 120 valence electrons. The molecule has 1 fully saturated rings. The molecule has 0 bridgehead atoms. The molecule has 0 atom stereocenters. The number of piperidine rings is 1. The standard InChI is InChI=1S/C8H19NO.C7H15N3/c1-3-5-7-9(8-10)6-4-2;1-8-9-7-10-5-3-2-4-6-10/h10H,3-8H2,1-2H3;2-7H2,1H3. The predicted molar refractivity (Wildman–Crippen MR) is 84.9 cm³/mol. The van der Waals surface area contributed by atoms with E-state index in [9.17, 15) is 0 Å². The fourth-order valence-electron chi connectivity index (χ4n) is 2.20. The third kappa shape index (κ3) is 11.3. The van der Waals surface area contributed by atoms with Crippen molar-refractivity contribution in [1.29, 1.82) is 0 Å². The van der Waals surface area contributed by atoms with Crippen LogP contribution in [0.4, 0.5) is 0 Å². The van der Waals surface area contributed by atoms with Crippen molar-refractivity contribution in [3.63, 3.8) is 0 Å². The van der Waals surface area contributed by atoms with E-state index in [0.29, 0.717) is 0 Å². The van der Waals surface area contributed by atoms with Crippen LogP contribution >= 0.6 is 0 Å². The fourth-order valence-corrected chi connectivity index (χ4v) is 2.20. The van der Waals surface area contributed by atoms with Crippen molar-refractivity contribution in [1.82, 2.24) is 9.80 Å². The second-order valence-electron chi connectivity index (χ2n) is 5.27. The summed E-state index contributed by atoms with van der Waals surface area (Å²) >= 11 is 0. The molecule has 0 amide bonds. The molecule has 0 aliphatic carbocycles. The number of likely N-dealkylation sites (tertiary alicyclic amines) is 1. The highest BCUT2D eigenvalue weighted by atomic mass is 16.3. The Hall–Kier alpha value is -0.520. The third-order valence-corrected chi connectivity index (χ3v) is 3.42. The van der Waals surface area contributed by atoms with Crippen molar-refractivity contribution in [3.05, 3.63) is 0 Å². The molecule has 1 aliphatic rings. The minimum absolute atomic E-state index is 0.216. The van der Waals surface area contributed by atoms with Crippen molar-refractivity contribution < 1.29 is 5.11 Å². The number of unbranched alkanes of at least 4 members (excludes halogenated alkanes) is 1. The molecule has 1 rings (SSSR count). The summed E-state index contributed by atoms with van der Waals surface area (Å²) < 4.78 is 0. The van der Waals surface area contributed by atoms with E-state index in [0.717, 1.165) is 26.2 Å². The zero-order valence-electron chi connectivity index (χ0n) is 13.7. The lowest BCUT2D eigenvalue weighted by Crippen LogP contribution is -2.29. The van der Waals surface area contributed by atoms with E-state index in [1.54, 1.807) is 7.05 Å². The lowest BCUT2D eigenvalue weighted by Gasteiger charge is -2.23. The van der Waals surface area contributed by atoms with Gasteiger partial charge < -0.3 is 5.11 Å². The van der Waals surface area contributed by atoms with Crippen LogP contribution < -0.4 is 0 Å². The van der Waals surface area contributed by atoms with E-state index < -0.39 is 0 Å². The second kappa shape index (κ2) is 14.9. The SMILES string of the molecule is CCCCN(CO)CCC.CN=NCN1CCCCC1. The van der Waals surface area contributed by atoms with E-state index in [-0.39, 0.29) is 6.73 Å². The Balaban J connectivity index is 0.000000361. The van der Waals surface area contributed by atoms with Gasteiger partial charge in [-0.1, -0.05) is 26.7 Å². The van der Waals surface area contributed by atoms with Gasteiger partial charge in [-0.15, -0.1) is 0 Å². The van der Waals surface area contributed by atoms with Gasteiger partial charge in [-0.05, 0) is 38.8 Å². The summed E-state index contributed by atoms with van der Waals surface area (Å²) in [7, 11) is 1.73. The molecule has 1 heterocycles. The smallest absolute Gasteiger partial charge is 0.112 e. The molecule has 0 aromatic heterocycles. The summed E-state index contributed by atoms with van der Waals surface area (Å²) in [4.78, 5) is 4.42. The molecule has 1 N–H and O–H groups in total. The molecule has 0 radical (unpaired) electrons. The van der Waals surface area contributed by atoms with E-state index >= 15 is 0 Å². The molecule has 1 aliphatic heterocycles. The van der Waals surface area contributed by atoms with Gasteiger partial charge in [0.15, 0.2) is 0 Å². The number of aliphatic hydroxyl groups excluding tert-OH is 1. The maximum atomic E-state index is 8.81. The molecule has 0 spiro atoms. The minimum atomic E-state index is 0.216. The van der Waals surface area contributed by atoms with Crippen molar-refractivity contribution in [3.8, 4) is 0 Å². The van der Waals surface area contributed by atoms with E-state index in [1.165, 1.54) is 45.2 Å². The number of nitrogens with zero attached hydrogens (tertiary/aromatic N) is 4. The average Bonchev–Trinajstić information content (AvgIpc) is 2.51.